The molecule has 3 aromatic carbocycles. The number of ether oxygens (including phenoxy) is 1. The average Bonchev–Trinajstić information content (AvgIpc) is 3.65. The Morgan fingerprint density at radius 3 is 2.54 bits per heavy atom. The summed E-state index contributed by atoms with van der Waals surface area (Å²) in [5, 5.41) is 14.4. The molecule has 8 heteroatoms. The van der Waals surface area contributed by atoms with Gasteiger partial charge in [0.15, 0.2) is 0 Å². The normalized spacial score (nSPS) is 19.7. The Balaban J connectivity index is 1.12. The topological polar surface area (TPSA) is 120 Å². The van der Waals surface area contributed by atoms with Crippen LogP contribution in [0.1, 0.15) is 36.0 Å². The second kappa shape index (κ2) is 9.33. The average molecular weight is 490 g/mol. The first-order valence-corrected chi connectivity index (χ1v) is 12.3. The molecule has 2 amide bonds. The van der Waals surface area contributed by atoms with Crippen LogP contribution in [0.3, 0.4) is 0 Å². The molecule has 0 aliphatic heterocycles. The van der Waals surface area contributed by atoms with Crippen LogP contribution < -0.4 is 15.4 Å². The Morgan fingerprint density at radius 1 is 1.03 bits per heavy atom. The molecule has 1 aromatic heterocycles. The zero-order valence-corrected chi connectivity index (χ0v) is 19.9. The van der Waals surface area contributed by atoms with Crippen LogP contribution in [-0.2, 0) is 4.79 Å². The zero-order chi connectivity index (χ0) is 25.4. The maximum Gasteiger partial charge on any atom is 0.292 e. The standard InChI is InChI=1S/C29H23N5O3/c30-16-37-23-10-5-19(6-11-23)28(35)31-21-7-3-18(4-8-21)27-33-25-12-9-22(15-26(25)34-27)32-29(36)24-14-17-1-2-20(24)13-17/h3-8,10-11,15,17,20,24H,1-2,13-14H2,(H,31,35)(H,32,36)(H,33,34). The van der Waals surface area contributed by atoms with Gasteiger partial charge in [0.05, 0.1) is 5.69 Å². The van der Waals surface area contributed by atoms with E-state index in [1.807, 2.05) is 18.2 Å². The Kier molecular flexibility index (Phi) is 5.71. The minimum Gasteiger partial charge on any atom is -0.388 e. The summed E-state index contributed by atoms with van der Waals surface area (Å²) in [6.07, 6.45) is 6.20. The van der Waals surface area contributed by atoms with Crippen LogP contribution in [0.15, 0.2) is 54.6 Å². The van der Waals surface area contributed by atoms with E-state index < -0.39 is 0 Å². The number of imidazole rings is 1. The highest BCUT2D eigenvalue weighted by Crippen LogP contribution is 2.48. The maximum atomic E-state index is 12.8. The number of hydrogen-bond acceptors (Lipinski definition) is 5. The molecule has 1 heterocycles. The van der Waals surface area contributed by atoms with Crippen LogP contribution in [0.25, 0.3) is 22.4 Å². The van der Waals surface area contributed by atoms with E-state index in [1.54, 1.807) is 42.7 Å². The van der Waals surface area contributed by atoms with E-state index in [4.69, 9.17) is 10.00 Å². The van der Waals surface area contributed by atoms with Gasteiger partial charge in [-0.05, 0) is 97.8 Å². The van der Waals surface area contributed by atoms with Crippen LogP contribution in [0, 0.1) is 41.4 Å². The smallest absolute Gasteiger partial charge is 0.292 e. The molecule has 0 saturated heterocycles. The lowest BCUT2D eigenvalue weighted by Gasteiger charge is -2.20. The molecule has 37 heavy (non-hydrogen) atoms. The molecular formula is C29H23N5O3. The third-order valence-electron chi connectivity index (χ3n) is 7.36. The van der Waals surface area contributed by atoms with Crippen LogP contribution >= 0.6 is 0 Å². The third kappa shape index (κ3) is 4.57. The Hall–Kier alpha value is -4.82. The van der Waals surface area contributed by atoms with Gasteiger partial charge in [0.25, 0.3) is 12.2 Å². The van der Waals surface area contributed by atoms with Gasteiger partial charge in [-0.15, -0.1) is 5.26 Å². The summed E-state index contributed by atoms with van der Waals surface area (Å²) >= 11 is 0. The van der Waals surface area contributed by atoms with E-state index in [1.165, 1.54) is 12.8 Å². The minimum absolute atomic E-state index is 0.0797. The molecule has 4 aromatic rings. The fourth-order valence-electron chi connectivity index (χ4n) is 5.53. The van der Waals surface area contributed by atoms with Crippen molar-refractivity contribution in [3.8, 4) is 23.4 Å². The first-order valence-electron chi connectivity index (χ1n) is 12.3. The van der Waals surface area contributed by atoms with Crippen LogP contribution in [0.5, 0.6) is 5.75 Å². The third-order valence-corrected chi connectivity index (χ3v) is 7.36. The lowest BCUT2D eigenvalue weighted by molar-refractivity contribution is -0.121. The number of anilines is 2. The number of nitrogens with zero attached hydrogens (tertiary/aromatic N) is 2. The first kappa shape index (κ1) is 22.6. The molecule has 2 aliphatic carbocycles. The van der Waals surface area contributed by atoms with Crippen LogP contribution in [0.4, 0.5) is 11.4 Å². The van der Waals surface area contributed by atoms with E-state index in [9.17, 15) is 9.59 Å². The fourth-order valence-corrected chi connectivity index (χ4v) is 5.53. The van der Waals surface area contributed by atoms with Gasteiger partial charge in [-0.1, -0.05) is 6.42 Å². The molecule has 2 bridgehead atoms. The predicted octanol–water partition coefficient (Wildman–Crippen LogP) is 5.32. The molecule has 8 nitrogen and oxygen atoms in total. The van der Waals surface area contributed by atoms with Crippen molar-refractivity contribution in [2.75, 3.05) is 10.6 Å². The first-order chi connectivity index (χ1) is 18.1. The van der Waals surface area contributed by atoms with Gasteiger partial charge in [0, 0.05) is 22.7 Å². The Labute approximate surface area is 213 Å². The maximum absolute atomic E-state index is 12.8. The van der Waals surface area contributed by atoms with Crippen molar-refractivity contribution in [2.24, 2.45) is 17.8 Å². The summed E-state index contributed by atoms with van der Waals surface area (Å²) in [6.45, 7) is 0. The number of benzene rings is 2. The minimum atomic E-state index is -0.273. The number of carbonyl (C=O) groups excluding carboxylic acids is 2. The van der Waals surface area contributed by atoms with Gasteiger partial charge >= 0.3 is 0 Å². The summed E-state index contributed by atoms with van der Waals surface area (Å²) in [7, 11) is 0. The molecule has 6 rings (SSSR count). The van der Waals surface area contributed by atoms with Crippen molar-refractivity contribution in [3.63, 3.8) is 0 Å². The van der Waals surface area contributed by atoms with Crippen molar-refractivity contribution in [1.82, 2.24) is 9.97 Å². The lowest BCUT2D eigenvalue weighted by atomic mass is 9.88. The second-order valence-electron chi connectivity index (χ2n) is 9.67. The Morgan fingerprint density at radius 2 is 1.84 bits per heavy atom. The van der Waals surface area contributed by atoms with Gasteiger partial charge < -0.3 is 20.4 Å². The van der Waals surface area contributed by atoms with E-state index in [0.29, 0.717) is 51.4 Å². The molecule has 3 atom stereocenters. The molecule has 2 aliphatic rings. The number of aromatic amines is 1. The highest BCUT2D eigenvalue weighted by molar-refractivity contribution is 6.04. The van der Waals surface area contributed by atoms with E-state index in [-0.39, 0.29) is 17.7 Å². The lowest BCUT2D eigenvalue weighted by Crippen LogP contribution is -2.27. The molecule has 3 unspecified atom stereocenters. The van der Waals surface area contributed by atoms with Gasteiger partial charge in [0.1, 0.15) is 22.6 Å². The summed E-state index contributed by atoms with van der Waals surface area (Å²) in [4.78, 5) is 33.2. The number of hydrogen-bond donors (Lipinski definition) is 3. The molecule has 2 saturated carbocycles. The monoisotopic (exact) mass is 489 g/mol. The number of fused-ring (bicyclic) bond motifs is 3. The largest absolute Gasteiger partial charge is 0.388 e. The highest BCUT2D eigenvalue weighted by Gasteiger charge is 2.43. The molecule has 0 spiro atoms. The van der Waals surface area contributed by atoms with Crippen molar-refractivity contribution < 1.29 is 14.3 Å². The molecular weight excluding hydrogens is 466 g/mol. The van der Waals surface area contributed by atoms with Gasteiger partial charge in [0.2, 0.25) is 5.91 Å². The predicted molar refractivity (Wildman–Crippen MR) is 137 cm³/mol. The number of nitriles is 1. The van der Waals surface area contributed by atoms with Gasteiger partial charge in [-0.2, -0.15) is 0 Å². The van der Waals surface area contributed by atoms with E-state index >= 15 is 0 Å². The number of nitrogens with one attached hydrogen (secondary N) is 3. The van der Waals surface area contributed by atoms with E-state index in [2.05, 4.69) is 32.7 Å². The molecule has 182 valence electrons. The summed E-state index contributed by atoms with van der Waals surface area (Å²) in [5.74, 6) is 2.17. The zero-order valence-electron chi connectivity index (χ0n) is 19.9. The van der Waals surface area contributed by atoms with Crippen molar-refractivity contribution in [3.05, 3.63) is 72.3 Å². The molecule has 0 radical (unpaired) electrons. The van der Waals surface area contributed by atoms with E-state index in [0.717, 1.165) is 18.4 Å². The quantitative estimate of drug-likeness (QED) is 0.317. The summed E-state index contributed by atoms with van der Waals surface area (Å²) in [6, 6.07) is 21.5. The van der Waals surface area contributed by atoms with Crippen molar-refractivity contribution in [2.45, 2.75) is 25.7 Å². The number of rotatable bonds is 6. The van der Waals surface area contributed by atoms with Crippen molar-refractivity contribution in [1.29, 1.82) is 5.26 Å². The number of H-pyrrole nitrogens is 1. The number of amides is 2. The highest BCUT2D eigenvalue weighted by atomic mass is 16.5. The second-order valence-corrected chi connectivity index (χ2v) is 9.67. The summed E-state index contributed by atoms with van der Waals surface area (Å²) in [5.41, 5.74) is 3.90. The van der Waals surface area contributed by atoms with Gasteiger partial charge in [-0.3, -0.25) is 9.59 Å². The van der Waals surface area contributed by atoms with Crippen LogP contribution in [0.2, 0.25) is 0 Å². The SMILES string of the molecule is N#COc1ccc(C(=O)Nc2ccc(-c3nc4cc(NC(=O)C5CC6CCC5C6)c#cc4[nH]3)cc2)cc1. The number of carbonyl (C=O) groups is 2. The van der Waals surface area contributed by atoms with Gasteiger partial charge in [-0.25, -0.2) is 4.98 Å². The number of aromatic nitrogens is 2. The molecule has 2 fully saturated rings. The summed E-state index contributed by atoms with van der Waals surface area (Å²) < 4.78 is 4.73. The Bertz CT molecular complexity index is 1520. The fraction of sp³-hybridized carbons (Fsp3) is 0.241. The van der Waals surface area contributed by atoms with Crippen LogP contribution in [-0.4, -0.2) is 21.8 Å². The molecule has 3 N–H and O–H groups in total. The van der Waals surface area contributed by atoms with Crippen molar-refractivity contribution >= 4 is 34.2 Å².